The Labute approximate surface area is 174 Å². The average Bonchev–Trinajstić information content (AvgIpc) is 3.13. The van der Waals surface area contributed by atoms with Gasteiger partial charge in [-0.1, -0.05) is 4.98 Å². The lowest BCUT2D eigenvalue weighted by atomic mass is 10.2. The lowest BCUT2D eigenvalue weighted by Crippen LogP contribution is -2.36. The molecule has 1 aromatic carbocycles. The molecule has 0 radical (unpaired) electrons. The van der Waals surface area contributed by atoms with Gasteiger partial charge < -0.3 is 19.7 Å². The Bertz CT molecular complexity index is 827. The zero-order valence-corrected chi connectivity index (χ0v) is 18.3. The smallest absolute Gasteiger partial charge is 0.398 e. The number of nitrogens with one attached hydrogen (secondary N) is 2. The lowest BCUT2D eigenvalue weighted by molar-refractivity contribution is -0.665. The van der Waals surface area contributed by atoms with Gasteiger partial charge in [0.2, 0.25) is 5.82 Å². The fourth-order valence-corrected chi connectivity index (χ4v) is 3.69. The second-order valence-corrected chi connectivity index (χ2v) is 7.64. The van der Waals surface area contributed by atoms with E-state index in [0.29, 0.717) is 12.6 Å². The molecule has 0 amide bonds. The van der Waals surface area contributed by atoms with Gasteiger partial charge in [0.05, 0.1) is 26.5 Å². The van der Waals surface area contributed by atoms with Crippen molar-refractivity contribution in [1.29, 1.82) is 0 Å². The summed E-state index contributed by atoms with van der Waals surface area (Å²) < 4.78 is 13.6. The van der Waals surface area contributed by atoms with Crippen LogP contribution in [0.3, 0.4) is 0 Å². The number of hydrogen-bond acceptors (Lipinski definition) is 6. The highest BCUT2D eigenvalue weighted by Gasteiger charge is 2.19. The zero-order valence-electron chi connectivity index (χ0n) is 18.3. The maximum Gasteiger partial charge on any atom is 0.398 e. The fourth-order valence-electron chi connectivity index (χ4n) is 3.69. The first kappa shape index (κ1) is 21.2. The molecular weight excluding hydrogens is 366 g/mol. The van der Waals surface area contributed by atoms with Crippen LogP contribution >= 0.6 is 0 Å². The summed E-state index contributed by atoms with van der Waals surface area (Å²) in [6.45, 7) is 7.32. The Morgan fingerprint density at radius 2 is 2.10 bits per heavy atom. The summed E-state index contributed by atoms with van der Waals surface area (Å²) in [7, 11) is 5.53. The third-order valence-electron chi connectivity index (χ3n) is 5.63. The van der Waals surface area contributed by atoms with E-state index in [1.807, 2.05) is 42.9 Å². The topological polar surface area (TPSA) is 62.5 Å². The first-order chi connectivity index (χ1) is 14.0. The Kier molecular flexibility index (Phi) is 7.14. The third-order valence-corrected chi connectivity index (χ3v) is 5.63. The van der Waals surface area contributed by atoms with E-state index in [1.165, 1.54) is 19.4 Å². The van der Waals surface area contributed by atoms with E-state index in [4.69, 9.17) is 9.47 Å². The van der Waals surface area contributed by atoms with Gasteiger partial charge in [-0.15, -0.1) is 0 Å². The normalized spacial score (nSPS) is 16.7. The van der Waals surface area contributed by atoms with Crippen LogP contribution in [0.5, 0.6) is 11.5 Å². The molecule has 1 saturated heterocycles. The Hall–Kier alpha value is -2.54. The van der Waals surface area contributed by atoms with Crippen LogP contribution in [-0.2, 0) is 7.05 Å². The SMILES string of the molecule is CNc1cc(C)[n+](C)c(Nc2ccc(OC)c(OCCCN3CCCC3C)c2)n1. The molecule has 158 valence electrons. The molecule has 0 saturated carbocycles. The summed E-state index contributed by atoms with van der Waals surface area (Å²) in [5.41, 5.74) is 2.01. The molecule has 0 bridgehead atoms. The molecule has 1 aromatic heterocycles. The van der Waals surface area contributed by atoms with Crippen LogP contribution in [0.4, 0.5) is 17.5 Å². The number of nitrogens with zero attached hydrogens (tertiary/aromatic N) is 3. The molecule has 1 aliphatic heterocycles. The Balaban J connectivity index is 1.66. The zero-order chi connectivity index (χ0) is 20.8. The van der Waals surface area contributed by atoms with Crippen molar-refractivity contribution in [2.75, 3.05) is 44.5 Å². The summed E-state index contributed by atoms with van der Waals surface area (Å²) >= 11 is 0. The predicted octanol–water partition coefficient (Wildman–Crippen LogP) is 3.26. The molecule has 1 aliphatic rings. The largest absolute Gasteiger partial charge is 0.493 e. The van der Waals surface area contributed by atoms with E-state index in [2.05, 4.69) is 34.4 Å². The van der Waals surface area contributed by atoms with Crippen LogP contribution in [0.1, 0.15) is 31.9 Å². The minimum absolute atomic E-state index is 0.670. The van der Waals surface area contributed by atoms with Crippen molar-refractivity contribution in [1.82, 2.24) is 9.88 Å². The van der Waals surface area contributed by atoms with Gasteiger partial charge in [0.1, 0.15) is 5.69 Å². The number of ether oxygens (including phenoxy) is 2. The van der Waals surface area contributed by atoms with Crippen molar-refractivity contribution >= 4 is 17.5 Å². The van der Waals surface area contributed by atoms with Crippen molar-refractivity contribution in [2.24, 2.45) is 7.05 Å². The molecule has 1 atom stereocenters. The minimum atomic E-state index is 0.670. The molecule has 2 heterocycles. The summed E-state index contributed by atoms with van der Waals surface area (Å²) in [6, 6.07) is 8.58. The highest BCUT2D eigenvalue weighted by atomic mass is 16.5. The number of rotatable bonds is 9. The van der Waals surface area contributed by atoms with Crippen LogP contribution in [0.25, 0.3) is 0 Å². The van der Waals surface area contributed by atoms with Gasteiger partial charge in [-0.05, 0) is 51.8 Å². The third kappa shape index (κ3) is 5.29. The summed E-state index contributed by atoms with van der Waals surface area (Å²) in [4.78, 5) is 7.15. The molecule has 29 heavy (non-hydrogen) atoms. The van der Waals surface area contributed by atoms with Crippen molar-refractivity contribution in [3.05, 3.63) is 30.0 Å². The molecule has 0 aliphatic carbocycles. The summed E-state index contributed by atoms with van der Waals surface area (Å²) in [5, 5.41) is 6.49. The number of likely N-dealkylation sites (tertiary alicyclic amines) is 1. The highest BCUT2D eigenvalue weighted by molar-refractivity contribution is 5.59. The lowest BCUT2D eigenvalue weighted by Gasteiger charge is -2.20. The van der Waals surface area contributed by atoms with Crippen molar-refractivity contribution in [2.45, 2.75) is 39.2 Å². The van der Waals surface area contributed by atoms with Gasteiger partial charge in [-0.2, -0.15) is 0 Å². The van der Waals surface area contributed by atoms with Gasteiger partial charge in [-0.3, -0.25) is 0 Å². The van der Waals surface area contributed by atoms with E-state index in [1.54, 1.807) is 7.11 Å². The number of anilines is 3. The first-order valence-electron chi connectivity index (χ1n) is 10.4. The van der Waals surface area contributed by atoms with E-state index < -0.39 is 0 Å². The minimum Gasteiger partial charge on any atom is -0.493 e. The molecule has 1 fully saturated rings. The quantitative estimate of drug-likeness (QED) is 0.498. The summed E-state index contributed by atoms with van der Waals surface area (Å²) in [5.74, 6) is 3.07. The van der Waals surface area contributed by atoms with E-state index in [-0.39, 0.29) is 0 Å². The van der Waals surface area contributed by atoms with Gasteiger partial charge in [0.25, 0.3) is 0 Å². The van der Waals surface area contributed by atoms with Gasteiger partial charge in [-0.25, -0.2) is 9.88 Å². The predicted molar refractivity (Wildman–Crippen MR) is 116 cm³/mol. The maximum absolute atomic E-state index is 6.07. The van der Waals surface area contributed by atoms with Crippen LogP contribution in [-0.4, -0.2) is 49.8 Å². The molecule has 3 rings (SSSR count). The number of aryl methyl sites for hydroxylation is 1. The molecule has 1 unspecified atom stereocenters. The highest BCUT2D eigenvalue weighted by Crippen LogP contribution is 2.31. The molecule has 7 heteroatoms. The Morgan fingerprint density at radius 3 is 2.79 bits per heavy atom. The first-order valence-corrected chi connectivity index (χ1v) is 10.4. The van der Waals surface area contributed by atoms with Gasteiger partial charge >= 0.3 is 5.95 Å². The van der Waals surface area contributed by atoms with Crippen LogP contribution < -0.4 is 24.7 Å². The van der Waals surface area contributed by atoms with Crippen molar-refractivity contribution in [3.63, 3.8) is 0 Å². The number of aromatic nitrogens is 2. The number of benzene rings is 1. The fraction of sp³-hybridized carbons (Fsp3) is 0.545. The average molecular weight is 401 g/mol. The molecular formula is C22H34N5O2+. The summed E-state index contributed by atoms with van der Waals surface area (Å²) in [6.07, 6.45) is 3.62. The van der Waals surface area contributed by atoms with E-state index in [9.17, 15) is 0 Å². The van der Waals surface area contributed by atoms with Gasteiger partial charge in [0.15, 0.2) is 11.5 Å². The molecule has 2 aromatic rings. The van der Waals surface area contributed by atoms with Crippen LogP contribution in [0.2, 0.25) is 0 Å². The second-order valence-electron chi connectivity index (χ2n) is 7.64. The van der Waals surface area contributed by atoms with E-state index >= 15 is 0 Å². The van der Waals surface area contributed by atoms with Crippen molar-refractivity contribution < 1.29 is 14.0 Å². The monoisotopic (exact) mass is 400 g/mol. The van der Waals surface area contributed by atoms with Gasteiger partial charge in [0, 0.05) is 31.8 Å². The number of methoxy groups -OCH3 is 1. The second kappa shape index (κ2) is 9.78. The molecule has 0 spiro atoms. The molecule has 7 nitrogen and oxygen atoms in total. The van der Waals surface area contributed by atoms with Crippen LogP contribution in [0.15, 0.2) is 24.3 Å². The standard InChI is InChI=1S/C22H33N5O2/c1-16-8-6-11-27(16)12-7-13-29-20-15-18(9-10-19(20)28-5)24-22-25-21(23-3)14-17(2)26(22)4/h9-10,14-16H,6-8,11-13H2,1-5H3,(H,23,24,25)/p+1. The van der Waals surface area contributed by atoms with Crippen LogP contribution in [0, 0.1) is 6.92 Å². The van der Waals surface area contributed by atoms with E-state index in [0.717, 1.165) is 47.6 Å². The maximum atomic E-state index is 6.07. The van der Waals surface area contributed by atoms with Crippen molar-refractivity contribution in [3.8, 4) is 11.5 Å². The number of hydrogen-bond donors (Lipinski definition) is 2. The molecule has 2 N–H and O–H groups in total. The Morgan fingerprint density at radius 1 is 1.28 bits per heavy atom.